The van der Waals surface area contributed by atoms with E-state index in [9.17, 15) is 9.90 Å². The van der Waals surface area contributed by atoms with Crippen LogP contribution in [-0.2, 0) is 4.79 Å². The number of likely N-dealkylation sites (tertiary alicyclic amines) is 1. The minimum atomic E-state index is -0.315. The number of anilines is 1. The van der Waals surface area contributed by atoms with Gasteiger partial charge in [-0.3, -0.25) is 9.69 Å². The molecule has 1 fully saturated rings. The lowest BCUT2D eigenvalue weighted by Crippen LogP contribution is -2.42. The number of piperidine rings is 1. The zero-order chi connectivity index (χ0) is 13.8. The lowest BCUT2D eigenvalue weighted by atomic mass is 10.1. The van der Waals surface area contributed by atoms with E-state index < -0.39 is 0 Å². The summed E-state index contributed by atoms with van der Waals surface area (Å²) in [5.74, 6) is -0.0974. The summed E-state index contributed by atoms with van der Waals surface area (Å²) < 4.78 is 0. The van der Waals surface area contributed by atoms with Crippen molar-refractivity contribution in [2.45, 2.75) is 25.9 Å². The fraction of sp³-hybridized carbons (Fsp3) is 0.500. The van der Waals surface area contributed by atoms with Crippen molar-refractivity contribution in [3.63, 3.8) is 0 Å². The van der Waals surface area contributed by atoms with Crippen LogP contribution in [0.15, 0.2) is 18.2 Å². The largest absolute Gasteiger partial charge is 0.392 e. The first-order valence-corrected chi connectivity index (χ1v) is 6.89. The molecule has 1 aliphatic rings. The third-order valence-corrected chi connectivity index (χ3v) is 3.56. The molecule has 1 heterocycles. The maximum Gasteiger partial charge on any atom is 0.238 e. The second kappa shape index (κ2) is 6.37. The highest BCUT2D eigenvalue weighted by Crippen LogP contribution is 2.22. The van der Waals surface area contributed by atoms with E-state index in [0.29, 0.717) is 23.8 Å². The SMILES string of the molecule is Cc1ccc(NC(=O)CN2CCC[C@H](O)C2)c(Cl)c1. The summed E-state index contributed by atoms with van der Waals surface area (Å²) in [5, 5.41) is 12.9. The van der Waals surface area contributed by atoms with Gasteiger partial charge in [0.2, 0.25) is 5.91 Å². The first-order valence-electron chi connectivity index (χ1n) is 6.51. The fourth-order valence-corrected chi connectivity index (χ4v) is 2.57. The van der Waals surface area contributed by atoms with Crippen LogP contribution >= 0.6 is 11.6 Å². The van der Waals surface area contributed by atoms with Crippen LogP contribution in [0.25, 0.3) is 0 Å². The van der Waals surface area contributed by atoms with Gasteiger partial charge in [-0.2, -0.15) is 0 Å². The number of aliphatic hydroxyl groups is 1. The summed E-state index contributed by atoms with van der Waals surface area (Å²) in [4.78, 5) is 13.9. The lowest BCUT2D eigenvalue weighted by Gasteiger charge is -2.29. The highest BCUT2D eigenvalue weighted by molar-refractivity contribution is 6.33. The highest BCUT2D eigenvalue weighted by Gasteiger charge is 2.19. The van der Waals surface area contributed by atoms with Crippen LogP contribution in [-0.4, -0.2) is 41.7 Å². The van der Waals surface area contributed by atoms with Crippen molar-refractivity contribution in [2.24, 2.45) is 0 Å². The first kappa shape index (κ1) is 14.3. The first-order chi connectivity index (χ1) is 9.04. The van der Waals surface area contributed by atoms with Crippen LogP contribution in [0.4, 0.5) is 5.69 Å². The van der Waals surface area contributed by atoms with Gasteiger partial charge in [0.25, 0.3) is 0 Å². The number of aryl methyl sites for hydroxylation is 1. The van der Waals surface area contributed by atoms with E-state index in [2.05, 4.69) is 5.32 Å². The van der Waals surface area contributed by atoms with Gasteiger partial charge in [0.05, 0.1) is 23.4 Å². The molecule has 1 amide bonds. The van der Waals surface area contributed by atoms with Gasteiger partial charge in [0, 0.05) is 6.54 Å². The molecule has 5 heteroatoms. The molecule has 2 rings (SSSR count). The Hall–Kier alpha value is -1.10. The van der Waals surface area contributed by atoms with Crippen molar-refractivity contribution in [3.05, 3.63) is 28.8 Å². The van der Waals surface area contributed by atoms with Gasteiger partial charge < -0.3 is 10.4 Å². The van der Waals surface area contributed by atoms with Gasteiger partial charge in [-0.1, -0.05) is 17.7 Å². The summed E-state index contributed by atoms with van der Waals surface area (Å²) in [7, 11) is 0. The van der Waals surface area contributed by atoms with Crippen LogP contribution in [0.2, 0.25) is 5.02 Å². The molecule has 0 saturated carbocycles. The van der Waals surface area contributed by atoms with Crippen LogP contribution in [0.1, 0.15) is 18.4 Å². The average molecular weight is 283 g/mol. The summed E-state index contributed by atoms with van der Waals surface area (Å²) in [6.45, 7) is 3.66. The van der Waals surface area contributed by atoms with Gasteiger partial charge in [-0.25, -0.2) is 0 Å². The number of nitrogens with zero attached hydrogens (tertiary/aromatic N) is 1. The summed E-state index contributed by atoms with van der Waals surface area (Å²) in [6.07, 6.45) is 1.44. The minimum Gasteiger partial charge on any atom is -0.392 e. The Morgan fingerprint density at radius 3 is 3.05 bits per heavy atom. The molecule has 2 N–H and O–H groups in total. The third-order valence-electron chi connectivity index (χ3n) is 3.25. The van der Waals surface area contributed by atoms with Crippen LogP contribution in [0, 0.1) is 6.92 Å². The van der Waals surface area contributed by atoms with Crippen molar-refractivity contribution in [3.8, 4) is 0 Å². The second-order valence-electron chi connectivity index (χ2n) is 5.06. The Labute approximate surface area is 118 Å². The Kier molecular flexibility index (Phi) is 4.80. The molecule has 1 saturated heterocycles. The van der Waals surface area contributed by atoms with Crippen molar-refractivity contribution in [2.75, 3.05) is 25.0 Å². The summed E-state index contributed by atoms with van der Waals surface area (Å²) in [6, 6.07) is 5.54. The molecule has 4 nitrogen and oxygen atoms in total. The molecule has 0 aliphatic carbocycles. The van der Waals surface area contributed by atoms with E-state index in [4.69, 9.17) is 11.6 Å². The number of benzene rings is 1. The number of hydrogen-bond donors (Lipinski definition) is 2. The number of hydrogen-bond acceptors (Lipinski definition) is 3. The predicted octanol–water partition coefficient (Wildman–Crippen LogP) is 2.04. The Morgan fingerprint density at radius 1 is 1.58 bits per heavy atom. The zero-order valence-electron chi connectivity index (χ0n) is 11.0. The monoisotopic (exact) mass is 282 g/mol. The topological polar surface area (TPSA) is 52.6 Å². The van der Waals surface area contributed by atoms with Crippen molar-refractivity contribution < 1.29 is 9.90 Å². The normalized spacial score (nSPS) is 20.3. The molecule has 1 aromatic carbocycles. The van der Waals surface area contributed by atoms with Gasteiger partial charge in [0.15, 0.2) is 0 Å². The number of amides is 1. The molecule has 19 heavy (non-hydrogen) atoms. The molecule has 1 aliphatic heterocycles. The fourth-order valence-electron chi connectivity index (χ4n) is 2.29. The van der Waals surface area contributed by atoms with Crippen molar-refractivity contribution in [1.82, 2.24) is 4.90 Å². The number of halogens is 1. The van der Waals surface area contributed by atoms with Crippen LogP contribution in [0.3, 0.4) is 0 Å². The van der Waals surface area contributed by atoms with E-state index in [0.717, 1.165) is 24.9 Å². The maximum absolute atomic E-state index is 11.9. The molecule has 1 atom stereocenters. The Bertz CT molecular complexity index is 465. The van der Waals surface area contributed by atoms with Crippen LogP contribution in [0.5, 0.6) is 0 Å². The number of β-amino-alcohol motifs (C(OH)–C–C–N with tert-alkyl or cyclic N) is 1. The molecular weight excluding hydrogens is 264 g/mol. The number of nitrogens with one attached hydrogen (secondary N) is 1. The second-order valence-corrected chi connectivity index (χ2v) is 5.47. The van der Waals surface area contributed by atoms with Gasteiger partial charge in [-0.05, 0) is 44.0 Å². The van der Waals surface area contributed by atoms with Crippen molar-refractivity contribution in [1.29, 1.82) is 0 Å². The van der Waals surface area contributed by atoms with E-state index >= 15 is 0 Å². The molecule has 0 unspecified atom stereocenters. The van der Waals surface area contributed by atoms with Crippen LogP contribution < -0.4 is 5.32 Å². The standard InChI is InChI=1S/C14H19ClN2O2/c1-10-4-5-13(12(15)7-10)16-14(19)9-17-6-2-3-11(18)8-17/h4-5,7,11,18H,2-3,6,8-9H2,1H3,(H,16,19)/t11-/m0/s1. The third kappa shape index (κ3) is 4.20. The minimum absolute atomic E-state index is 0.0974. The highest BCUT2D eigenvalue weighted by atomic mass is 35.5. The molecule has 0 spiro atoms. The average Bonchev–Trinajstić information content (AvgIpc) is 2.33. The smallest absolute Gasteiger partial charge is 0.238 e. The van der Waals surface area contributed by atoms with Gasteiger partial charge in [0.1, 0.15) is 0 Å². The quantitative estimate of drug-likeness (QED) is 0.892. The number of rotatable bonds is 3. The molecule has 0 aromatic heterocycles. The maximum atomic E-state index is 11.9. The van der Waals surface area contributed by atoms with E-state index in [1.54, 1.807) is 6.07 Å². The van der Waals surface area contributed by atoms with Gasteiger partial charge >= 0.3 is 0 Å². The molecule has 0 bridgehead atoms. The van der Waals surface area contributed by atoms with E-state index in [1.165, 1.54) is 0 Å². The number of aliphatic hydroxyl groups excluding tert-OH is 1. The summed E-state index contributed by atoms with van der Waals surface area (Å²) >= 11 is 6.07. The molecule has 104 valence electrons. The molecule has 0 radical (unpaired) electrons. The number of carbonyl (C=O) groups excluding carboxylic acids is 1. The van der Waals surface area contributed by atoms with E-state index in [1.807, 2.05) is 24.0 Å². The van der Waals surface area contributed by atoms with E-state index in [-0.39, 0.29) is 12.0 Å². The lowest BCUT2D eigenvalue weighted by molar-refractivity contribution is -0.118. The zero-order valence-corrected chi connectivity index (χ0v) is 11.8. The van der Waals surface area contributed by atoms with Gasteiger partial charge in [-0.15, -0.1) is 0 Å². The number of carbonyl (C=O) groups is 1. The Balaban J connectivity index is 1.90. The van der Waals surface area contributed by atoms with Crippen molar-refractivity contribution >= 4 is 23.2 Å². The molecule has 1 aromatic rings. The predicted molar refractivity (Wildman–Crippen MR) is 76.5 cm³/mol. The summed E-state index contributed by atoms with van der Waals surface area (Å²) in [5.41, 5.74) is 1.69. The molecular formula is C14H19ClN2O2. The Morgan fingerprint density at radius 2 is 2.37 bits per heavy atom.